The third-order valence-electron chi connectivity index (χ3n) is 4.04. The molecule has 126 valence electrons. The molecule has 1 aliphatic heterocycles. The minimum Gasteiger partial charge on any atom is -0.387 e. The minimum atomic E-state index is -0.0509. The summed E-state index contributed by atoms with van der Waals surface area (Å²) in [7, 11) is 1.79. The summed E-state index contributed by atoms with van der Waals surface area (Å²) in [5.74, 6) is -0.0717. The molecule has 1 aliphatic rings. The first-order valence-corrected chi connectivity index (χ1v) is 7.73. The number of nitrogens with zero attached hydrogens (tertiary/aromatic N) is 6. The van der Waals surface area contributed by atoms with Gasteiger partial charge in [0, 0.05) is 38.9 Å². The second-order valence-electron chi connectivity index (χ2n) is 5.48. The van der Waals surface area contributed by atoms with Crippen molar-refractivity contribution in [2.24, 2.45) is 0 Å². The lowest BCUT2D eigenvalue weighted by molar-refractivity contribution is -0.133. The highest BCUT2D eigenvalue weighted by atomic mass is 16.2. The van der Waals surface area contributed by atoms with Crippen LogP contribution in [0.25, 0.3) is 0 Å². The van der Waals surface area contributed by atoms with Gasteiger partial charge >= 0.3 is 0 Å². The van der Waals surface area contributed by atoms with Gasteiger partial charge in [-0.15, -0.1) is 5.10 Å². The predicted octanol–water partition coefficient (Wildman–Crippen LogP) is -0.301. The summed E-state index contributed by atoms with van der Waals surface area (Å²) in [4.78, 5) is 28.4. The van der Waals surface area contributed by atoms with Crippen molar-refractivity contribution < 1.29 is 9.59 Å². The number of aromatic nitrogens is 4. The molecule has 1 fully saturated rings. The van der Waals surface area contributed by atoms with Crippen LogP contribution in [0, 0.1) is 0 Å². The molecule has 2 heterocycles. The Kier molecular flexibility index (Phi) is 4.69. The molecule has 9 heteroatoms. The number of para-hydroxylation sites is 1. The third kappa shape index (κ3) is 3.34. The molecule has 24 heavy (non-hydrogen) atoms. The Labute approximate surface area is 139 Å². The molecule has 1 N–H and O–H groups in total. The summed E-state index contributed by atoms with van der Waals surface area (Å²) in [6.45, 7) is 2.16. The van der Waals surface area contributed by atoms with Crippen molar-refractivity contribution in [3.05, 3.63) is 36.2 Å². The van der Waals surface area contributed by atoms with Crippen molar-refractivity contribution in [3.63, 3.8) is 0 Å². The minimum absolute atomic E-state index is 0.0208. The van der Waals surface area contributed by atoms with Gasteiger partial charge in [0.1, 0.15) is 12.9 Å². The molecule has 0 unspecified atom stereocenters. The monoisotopic (exact) mass is 329 g/mol. The normalized spacial score (nSPS) is 14.5. The van der Waals surface area contributed by atoms with Crippen LogP contribution in [-0.2, 0) is 11.3 Å². The molecule has 0 saturated carbocycles. The lowest BCUT2D eigenvalue weighted by Crippen LogP contribution is -2.51. The van der Waals surface area contributed by atoms with Gasteiger partial charge in [0.05, 0.1) is 5.56 Å². The zero-order valence-corrected chi connectivity index (χ0v) is 13.4. The van der Waals surface area contributed by atoms with Crippen molar-refractivity contribution in [1.29, 1.82) is 0 Å². The zero-order chi connectivity index (χ0) is 16.9. The first-order valence-electron chi connectivity index (χ1n) is 7.73. The van der Waals surface area contributed by atoms with Gasteiger partial charge in [0.15, 0.2) is 0 Å². The topological polar surface area (TPSA) is 96.2 Å². The Morgan fingerprint density at radius 3 is 2.50 bits per heavy atom. The number of hydrogen-bond donors (Lipinski definition) is 1. The van der Waals surface area contributed by atoms with Crippen LogP contribution >= 0.6 is 0 Å². The maximum absolute atomic E-state index is 12.7. The Morgan fingerprint density at radius 2 is 1.83 bits per heavy atom. The number of rotatable bonds is 4. The molecule has 0 atom stereocenters. The van der Waals surface area contributed by atoms with E-state index >= 15 is 0 Å². The molecule has 1 saturated heterocycles. The van der Waals surface area contributed by atoms with Crippen LogP contribution in [0.4, 0.5) is 5.69 Å². The van der Waals surface area contributed by atoms with Crippen LogP contribution < -0.4 is 5.32 Å². The summed E-state index contributed by atoms with van der Waals surface area (Å²) in [6.07, 6.45) is 1.41. The first kappa shape index (κ1) is 15.9. The lowest BCUT2D eigenvalue weighted by Gasteiger charge is -2.35. The fourth-order valence-electron chi connectivity index (χ4n) is 2.71. The van der Waals surface area contributed by atoms with Gasteiger partial charge in [-0.25, -0.2) is 4.68 Å². The van der Waals surface area contributed by atoms with E-state index < -0.39 is 0 Å². The SMILES string of the molecule is CNc1ccccc1C(=O)N1CCN(C(=O)Cn2cnnn2)CC1. The number of carbonyl (C=O) groups excluding carboxylic acids is 2. The van der Waals surface area contributed by atoms with E-state index in [2.05, 4.69) is 20.8 Å². The molecular weight excluding hydrogens is 310 g/mol. The van der Waals surface area contributed by atoms with Crippen molar-refractivity contribution >= 4 is 17.5 Å². The van der Waals surface area contributed by atoms with Crippen molar-refractivity contribution in [1.82, 2.24) is 30.0 Å². The molecule has 3 rings (SSSR count). The van der Waals surface area contributed by atoms with E-state index in [9.17, 15) is 9.59 Å². The van der Waals surface area contributed by atoms with Gasteiger partial charge in [-0.2, -0.15) is 0 Å². The number of anilines is 1. The van der Waals surface area contributed by atoms with Gasteiger partial charge in [-0.05, 0) is 22.6 Å². The molecular formula is C15H19N7O2. The summed E-state index contributed by atoms with van der Waals surface area (Å²) in [6, 6.07) is 7.42. The Bertz CT molecular complexity index is 708. The van der Waals surface area contributed by atoms with Crippen LogP contribution in [0.15, 0.2) is 30.6 Å². The van der Waals surface area contributed by atoms with Crippen molar-refractivity contribution in [2.45, 2.75) is 6.54 Å². The maximum atomic E-state index is 12.7. The molecule has 0 radical (unpaired) electrons. The summed E-state index contributed by atoms with van der Waals surface area (Å²) in [5, 5.41) is 13.7. The van der Waals surface area contributed by atoms with E-state index in [0.29, 0.717) is 31.7 Å². The molecule has 0 spiro atoms. The molecule has 2 aromatic rings. The fraction of sp³-hybridized carbons (Fsp3) is 0.400. The smallest absolute Gasteiger partial charge is 0.256 e. The largest absolute Gasteiger partial charge is 0.387 e. The van der Waals surface area contributed by atoms with E-state index in [0.717, 1.165) is 5.69 Å². The standard InChI is InChI=1S/C15H19N7O2/c1-16-13-5-3-2-4-12(13)15(24)21-8-6-20(7-9-21)14(23)10-22-11-17-18-19-22/h2-5,11,16H,6-10H2,1H3. The molecule has 2 amide bonds. The van der Waals surface area contributed by atoms with Crippen LogP contribution in [0.3, 0.4) is 0 Å². The highest BCUT2D eigenvalue weighted by molar-refractivity contribution is 5.99. The molecule has 0 bridgehead atoms. The van der Waals surface area contributed by atoms with Gasteiger partial charge in [-0.3, -0.25) is 9.59 Å². The molecule has 1 aromatic heterocycles. The highest BCUT2D eigenvalue weighted by Gasteiger charge is 2.26. The van der Waals surface area contributed by atoms with Crippen LogP contribution in [0.2, 0.25) is 0 Å². The number of piperazine rings is 1. The number of nitrogens with one attached hydrogen (secondary N) is 1. The highest BCUT2D eigenvalue weighted by Crippen LogP contribution is 2.17. The van der Waals surface area contributed by atoms with E-state index in [1.165, 1.54) is 11.0 Å². The Morgan fingerprint density at radius 1 is 1.12 bits per heavy atom. The number of carbonyl (C=O) groups is 2. The fourth-order valence-corrected chi connectivity index (χ4v) is 2.71. The summed E-state index contributed by atoms with van der Waals surface area (Å²) in [5.41, 5.74) is 1.45. The van der Waals surface area contributed by atoms with E-state index in [1.807, 2.05) is 24.3 Å². The summed E-state index contributed by atoms with van der Waals surface area (Å²) >= 11 is 0. The number of amides is 2. The van der Waals surface area contributed by atoms with Crippen LogP contribution in [0.5, 0.6) is 0 Å². The Hall–Kier alpha value is -2.97. The van der Waals surface area contributed by atoms with Crippen LogP contribution in [0.1, 0.15) is 10.4 Å². The maximum Gasteiger partial charge on any atom is 0.256 e. The number of benzene rings is 1. The quantitative estimate of drug-likeness (QED) is 0.827. The number of tetrazole rings is 1. The lowest BCUT2D eigenvalue weighted by atomic mass is 10.1. The van der Waals surface area contributed by atoms with E-state index in [1.54, 1.807) is 16.8 Å². The molecule has 0 aliphatic carbocycles. The van der Waals surface area contributed by atoms with Crippen LogP contribution in [-0.4, -0.2) is 75.0 Å². The zero-order valence-electron chi connectivity index (χ0n) is 13.4. The second kappa shape index (κ2) is 7.07. The van der Waals surface area contributed by atoms with E-state index in [-0.39, 0.29) is 18.4 Å². The number of hydrogen-bond acceptors (Lipinski definition) is 6. The average molecular weight is 329 g/mol. The molecule has 1 aromatic carbocycles. The van der Waals surface area contributed by atoms with Gasteiger partial charge in [0.2, 0.25) is 5.91 Å². The first-order chi connectivity index (χ1) is 11.7. The van der Waals surface area contributed by atoms with Gasteiger partial charge in [0.25, 0.3) is 5.91 Å². The second-order valence-corrected chi connectivity index (χ2v) is 5.48. The van der Waals surface area contributed by atoms with Gasteiger partial charge < -0.3 is 15.1 Å². The summed E-state index contributed by atoms with van der Waals surface area (Å²) < 4.78 is 1.39. The van der Waals surface area contributed by atoms with Crippen molar-refractivity contribution in [3.8, 4) is 0 Å². The van der Waals surface area contributed by atoms with E-state index in [4.69, 9.17) is 0 Å². The predicted molar refractivity (Wildman–Crippen MR) is 86.3 cm³/mol. The van der Waals surface area contributed by atoms with Crippen molar-refractivity contribution in [2.75, 3.05) is 38.5 Å². The molecule has 9 nitrogen and oxygen atoms in total. The third-order valence-corrected chi connectivity index (χ3v) is 4.04. The Balaban J connectivity index is 1.58. The van der Waals surface area contributed by atoms with Gasteiger partial charge in [-0.1, -0.05) is 12.1 Å². The average Bonchev–Trinajstić information content (AvgIpc) is 3.14.